The summed E-state index contributed by atoms with van der Waals surface area (Å²) in [7, 11) is 0. The molecule has 1 aliphatic carbocycles. The smallest absolute Gasteiger partial charge is 0.0588 e. The quantitative estimate of drug-likeness (QED) is 0.873. The van der Waals surface area contributed by atoms with Crippen molar-refractivity contribution in [2.24, 2.45) is 0 Å². The van der Waals surface area contributed by atoms with Crippen LogP contribution >= 0.6 is 0 Å². The van der Waals surface area contributed by atoms with Gasteiger partial charge in [0.05, 0.1) is 6.61 Å². The van der Waals surface area contributed by atoms with E-state index in [1.807, 2.05) is 6.07 Å². The van der Waals surface area contributed by atoms with E-state index in [1.165, 1.54) is 16.7 Å². The first kappa shape index (κ1) is 13.3. The van der Waals surface area contributed by atoms with Crippen molar-refractivity contribution in [3.63, 3.8) is 0 Å². The van der Waals surface area contributed by atoms with Crippen LogP contribution in [0.15, 0.2) is 54.6 Å². The number of hydrogen-bond acceptors (Lipinski definition) is 2. The average molecular weight is 267 g/mol. The van der Waals surface area contributed by atoms with Crippen LogP contribution in [0, 0.1) is 0 Å². The maximum absolute atomic E-state index is 9.63. The molecule has 0 fully saturated rings. The van der Waals surface area contributed by atoms with E-state index in [1.54, 1.807) is 0 Å². The number of aliphatic hydroxyl groups is 1. The van der Waals surface area contributed by atoms with Gasteiger partial charge < -0.3 is 10.4 Å². The molecule has 2 nitrogen and oxygen atoms in total. The van der Waals surface area contributed by atoms with Gasteiger partial charge in [-0.2, -0.15) is 0 Å². The summed E-state index contributed by atoms with van der Waals surface area (Å²) in [6.45, 7) is 0.174. The highest BCUT2D eigenvalue weighted by Crippen LogP contribution is 2.31. The topological polar surface area (TPSA) is 32.3 Å². The first-order valence-electron chi connectivity index (χ1n) is 7.35. The third kappa shape index (κ3) is 2.92. The van der Waals surface area contributed by atoms with Gasteiger partial charge in [-0.1, -0.05) is 54.6 Å². The highest BCUT2D eigenvalue weighted by atomic mass is 16.3. The molecule has 2 unspecified atom stereocenters. The molecular weight excluding hydrogens is 246 g/mol. The van der Waals surface area contributed by atoms with Crippen LogP contribution in [-0.2, 0) is 12.8 Å². The number of rotatable bonds is 5. The Bertz CT molecular complexity index is 552. The monoisotopic (exact) mass is 267 g/mol. The molecule has 2 aromatic carbocycles. The Balaban J connectivity index is 1.67. The van der Waals surface area contributed by atoms with Crippen molar-refractivity contribution in [1.29, 1.82) is 0 Å². The molecule has 2 N–H and O–H groups in total. The first-order chi connectivity index (χ1) is 9.86. The van der Waals surface area contributed by atoms with E-state index in [9.17, 15) is 5.11 Å². The van der Waals surface area contributed by atoms with Gasteiger partial charge in [-0.15, -0.1) is 0 Å². The standard InChI is InChI=1S/C18H21NO/c20-13-16(12-14-6-2-1-3-7-14)19-18-11-10-15-8-4-5-9-17(15)18/h1-9,16,18-20H,10-13H2. The fourth-order valence-electron chi connectivity index (χ4n) is 3.09. The molecular formula is C18H21NO. The highest BCUT2D eigenvalue weighted by molar-refractivity contribution is 5.34. The molecule has 0 aromatic heterocycles. The molecule has 2 heteroatoms. The van der Waals surface area contributed by atoms with Gasteiger partial charge >= 0.3 is 0 Å². The van der Waals surface area contributed by atoms with E-state index in [0.29, 0.717) is 6.04 Å². The van der Waals surface area contributed by atoms with Crippen molar-refractivity contribution in [2.75, 3.05) is 6.61 Å². The summed E-state index contributed by atoms with van der Waals surface area (Å²) in [6, 6.07) is 19.5. The van der Waals surface area contributed by atoms with Crippen molar-refractivity contribution in [3.8, 4) is 0 Å². The first-order valence-corrected chi connectivity index (χ1v) is 7.35. The maximum Gasteiger partial charge on any atom is 0.0588 e. The van der Waals surface area contributed by atoms with Crippen LogP contribution < -0.4 is 5.32 Å². The van der Waals surface area contributed by atoms with E-state index in [0.717, 1.165) is 19.3 Å². The molecule has 0 aliphatic heterocycles. The Morgan fingerprint density at radius 1 is 1.05 bits per heavy atom. The fourth-order valence-corrected chi connectivity index (χ4v) is 3.09. The highest BCUT2D eigenvalue weighted by Gasteiger charge is 2.24. The predicted molar refractivity (Wildman–Crippen MR) is 81.7 cm³/mol. The lowest BCUT2D eigenvalue weighted by molar-refractivity contribution is 0.230. The number of benzene rings is 2. The molecule has 0 saturated heterocycles. The van der Waals surface area contributed by atoms with Crippen molar-refractivity contribution in [1.82, 2.24) is 5.32 Å². The molecule has 0 saturated carbocycles. The van der Waals surface area contributed by atoms with Crippen LogP contribution in [0.3, 0.4) is 0 Å². The molecule has 0 radical (unpaired) electrons. The van der Waals surface area contributed by atoms with E-state index < -0.39 is 0 Å². The molecule has 1 aliphatic rings. The second kappa shape index (κ2) is 6.21. The summed E-state index contributed by atoms with van der Waals surface area (Å²) in [4.78, 5) is 0. The zero-order chi connectivity index (χ0) is 13.8. The van der Waals surface area contributed by atoms with Gasteiger partial charge in [0.1, 0.15) is 0 Å². The normalized spacial score (nSPS) is 18.8. The number of aliphatic hydroxyl groups excluding tert-OH is 1. The van der Waals surface area contributed by atoms with E-state index in [-0.39, 0.29) is 12.6 Å². The van der Waals surface area contributed by atoms with Crippen LogP contribution in [0.5, 0.6) is 0 Å². The largest absolute Gasteiger partial charge is 0.395 e. The van der Waals surface area contributed by atoms with E-state index in [4.69, 9.17) is 0 Å². The molecule has 0 heterocycles. The Labute approximate surface area is 120 Å². The van der Waals surface area contributed by atoms with Crippen LogP contribution in [0.1, 0.15) is 29.2 Å². The number of fused-ring (bicyclic) bond motifs is 1. The zero-order valence-corrected chi connectivity index (χ0v) is 11.6. The second-order valence-electron chi connectivity index (χ2n) is 5.53. The molecule has 2 aromatic rings. The molecule has 2 atom stereocenters. The third-order valence-electron chi connectivity index (χ3n) is 4.12. The van der Waals surface area contributed by atoms with Crippen molar-refractivity contribution in [3.05, 3.63) is 71.3 Å². The van der Waals surface area contributed by atoms with Crippen molar-refractivity contribution in [2.45, 2.75) is 31.3 Å². The van der Waals surface area contributed by atoms with Gasteiger partial charge in [0, 0.05) is 12.1 Å². The zero-order valence-electron chi connectivity index (χ0n) is 11.6. The van der Waals surface area contributed by atoms with Gasteiger partial charge in [0.25, 0.3) is 0 Å². The maximum atomic E-state index is 9.63. The minimum atomic E-state index is 0.119. The minimum absolute atomic E-state index is 0.119. The lowest BCUT2D eigenvalue weighted by Gasteiger charge is -2.22. The summed E-state index contributed by atoms with van der Waals surface area (Å²) >= 11 is 0. The fraction of sp³-hybridized carbons (Fsp3) is 0.333. The Morgan fingerprint density at radius 2 is 1.80 bits per heavy atom. The number of hydrogen-bond donors (Lipinski definition) is 2. The number of aryl methyl sites for hydroxylation is 1. The number of nitrogens with one attached hydrogen (secondary N) is 1. The third-order valence-corrected chi connectivity index (χ3v) is 4.12. The Kier molecular flexibility index (Phi) is 4.14. The summed E-state index contributed by atoms with van der Waals surface area (Å²) in [5.74, 6) is 0. The second-order valence-corrected chi connectivity index (χ2v) is 5.53. The molecule has 0 amide bonds. The van der Waals surface area contributed by atoms with Crippen LogP contribution in [0.25, 0.3) is 0 Å². The van der Waals surface area contributed by atoms with Crippen LogP contribution in [0.2, 0.25) is 0 Å². The van der Waals surface area contributed by atoms with Crippen molar-refractivity contribution < 1.29 is 5.11 Å². The van der Waals surface area contributed by atoms with E-state index in [2.05, 4.69) is 53.8 Å². The molecule has 104 valence electrons. The SMILES string of the molecule is OCC(Cc1ccccc1)NC1CCc2ccccc21. The average Bonchev–Trinajstić information content (AvgIpc) is 2.91. The molecule has 0 bridgehead atoms. The molecule has 3 rings (SSSR count). The molecule has 20 heavy (non-hydrogen) atoms. The van der Waals surface area contributed by atoms with E-state index >= 15 is 0 Å². The minimum Gasteiger partial charge on any atom is -0.395 e. The van der Waals surface area contributed by atoms with Crippen LogP contribution in [-0.4, -0.2) is 17.8 Å². The lowest BCUT2D eigenvalue weighted by Crippen LogP contribution is -2.36. The van der Waals surface area contributed by atoms with Gasteiger partial charge in [-0.3, -0.25) is 0 Å². The lowest BCUT2D eigenvalue weighted by atomic mass is 10.0. The van der Waals surface area contributed by atoms with Gasteiger partial charge in [-0.25, -0.2) is 0 Å². The summed E-state index contributed by atoms with van der Waals surface area (Å²) in [6.07, 6.45) is 3.14. The molecule has 0 spiro atoms. The van der Waals surface area contributed by atoms with Gasteiger partial charge in [0.15, 0.2) is 0 Å². The van der Waals surface area contributed by atoms with Gasteiger partial charge in [0.2, 0.25) is 0 Å². The van der Waals surface area contributed by atoms with Crippen LogP contribution in [0.4, 0.5) is 0 Å². The summed E-state index contributed by atoms with van der Waals surface area (Å²) in [5.41, 5.74) is 4.12. The summed E-state index contributed by atoms with van der Waals surface area (Å²) < 4.78 is 0. The predicted octanol–water partition coefficient (Wildman–Crippen LogP) is 2.87. The summed E-state index contributed by atoms with van der Waals surface area (Å²) in [5, 5.41) is 13.3. The van der Waals surface area contributed by atoms with Crippen molar-refractivity contribution >= 4 is 0 Å². The Morgan fingerprint density at radius 3 is 2.60 bits per heavy atom. The van der Waals surface area contributed by atoms with Gasteiger partial charge in [-0.05, 0) is 36.0 Å². The Hall–Kier alpha value is -1.64.